The number of benzene rings is 1. The Hall–Kier alpha value is -2.14. The lowest BCUT2D eigenvalue weighted by Crippen LogP contribution is -2.45. The van der Waals surface area contributed by atoms with E-state index >= 15 is 0 Å². The molecule has 2 fully saturated rings. The molecule has 10 nitrogen and oxygen atoms in total. The summed E-state index contributed by atoms with van der Waals surface area (Å²) >= 11 is 25.3. The second-order valence-electron chi connectivity index (χ2n) is 12.0. The van der Waals surface area contributed by atoms with Gasteiger partial charge in [-0.25, -0.2) is 9.59 Å². The van der Waals surface area contributed by atoms with E-state index in [0.29, 0.717) is 38.8 Å². The van der Waals surface area contributed by atoms with Crippen LogP contribution in [0, 0.1) is 0 Å². The van der Waals surface area contributed by atoms with Gasteiger partial charge < -0.3 is 28.7 Å². The minimum atomic E-state index is -0.750. The lowest BCUT2D eigenvalue weighted by Gasteiger charge is -2.28. The van der Waals surface area contributed by atoms with E-state index in [1.165, 1.54) is 9.80 Å². The van der Waals surface area contributed by atoms with E-state index < -0.39 is 60.3 Å². The Morgan fingerprint density at radius 1 is 0.643 bits per heavy atom. The maximum absolute atomic E-state index is 13.1. The van der Waals surface area contributed by atoms with Crippen LogP contribution in [0.15, 0.2) is 0 Å². The van der Waals surface area contributed by atoms with Gasteiger partial charge in [-0.3, -0.25) is 9.59 Å². The molecule has 0 spiro atoms. The van der Waals surface area contributed by atoms with E-state index in [1.54, 1.807) is 41.5 Å². The molecule has 2 atom stereocenters. The number of ether oxygens (including phenoxy) is 4. The molecule has 2 aliphatic heterocycles. The van der Waals surface area contributed by atoms with Gasteiger partial charge in [0.1, 0.15) is 33.3 Å². The summed E-state index contributed by atoms with van der Waals surface area (Å²) in [6, 6.07) is -1.50. The molecule has 2 amide bonds. The van der Waals surface area contributed by atoms with Crippen molar-refractivity contribution >= 4 is 70.2 Å². The van der Waals surface area contributed by atoms with Crippen molar-refractivity contribution in [1.29, 1.82) is 0 Å². The Kier molecular flexibility index (Phi) is 11.2. The normalized spacial score (nSPS) is 19.1. The van der Waals surface area contributed by atoms with E-state index in [1.807, 2.05) is 0 Å². The summed E-state index contributed by atoms with van der Waals surface area (Å²) < 4.78 is 22.4. The van der Waals surface area contributed by atoms with Gasteiger partial charge in [-0.05, 0) is 67.2 Å². The van der Waals surface area contributed by atoms with E-state index in [0.717, 1.165) is 0 Å². The second kappa shape index (κ2) is 13.7. The number of hydrogen-bond acceptors (Lipinski definition) is 8. The monoisotopic (exact) mass is 668 g/mol. The molecule has 0 N–H and O–H groups in total. The Labute approximate surface area is 265 Å². The molecule has 42 heavy (non-hydrogen) atoms. The first-order valence-corrected chi connectivity index (χ1v) is 15.1. The van der Waals surface area contributed by atoms with Crippen molar-refractivity contribution in [3.8, 4) is 11.5 Å². The number of carbonyl (C=O) groups excluding carboxylic acids is 4. The number of likely N-dealkylation sites (tertiary alicyclic amines) is 2. The number of carbonyl (C=O) groups is 4. The van der Waals surface area contributed by atoms with Gasteiger partial charge in [0.2, 0.25) is 0 Å². The minimum absolute atomic E-state index is 0.137. The SMILES string of the molecule is CC(C)(C)OC(=O)C1CCCN1C(=O)COc1c(Cl)c(Cl)c(Cl)c(Cl)c1OCC(=O)N1CCCC1C(=O)OC(C)(C)C. The van der Waals surface area contributed by atoms with Crippen molar-refractivity contribution < 1.29 is 38.1 Å². The fourth-order valence-electron chi connectivity index (χ4n) is 4.64. The molecule has 1 aromatic rings. The van der Waals surface area contributed by atoms with Crippen molar-refractivity contribution in [2.45, 2.75) is 90.5 Å². The molecule has 3 rings (SSSR count). The maximum atomic E-state index is 13.1. The molecule has 0 aliphatic carbocycles. The maximum Gasteiger partial charge on any atom is 0.329 e. The molecule has 1 aromatic carbocycles. The average Bonchev–Trinajstić information content (AvgIpc) is 3.56. The molecule has 2 unspecified atom stereocenters. The molecular formula is C28H36Cl4N2O8. The average molecular weight is 670 g/mol. The third-order valence-corrected chi connectivity index (χ3v) is 8.13. The zero-order chi connectivity index (χ0) is 31.6. The van der Waals surface area contributed by atoms with Gasteiger partial charge in [-0.2, -0.15) is 0 Å². The van der Waals surface area contributed by atoms with Crippen molar-refractivity contribution in [1.82, 2.24) is 9.80 Å². The van der Waals surface area contributed by atoms with Crippen LogP contribution in [0.4, 0.5) is 0 Å². The quantitative estimate of drug-likeness (QED) is 0.196. The van der Waals surface area contributed by atoms with E-state index in [4.69, 9.17) is 65.4 Å². The Balaban J connectivity index is 1.75. The minimum Gasteiger partial charge on any atom is -0.478 e. The highest BCUT2D eigenvalue weighted by Crippen LogP contribution is 2.50. The van der Waals surface area contributed by atoms with Crippen LogP contribution in [0.1, 0.15) is 67.2 Å². The van der Waals surface area contributed by atoms with Crippen LogP contribution in [0.25, 0.3) is 0 Å². The van der Waals surface area contributed by atoms with Crippen molar-refractivity contribution in [3.05, 3.63) is 20.1 Å². The van der Waals surface area contributed by atoms with Crippen LogP contribution in [0.5, 0.6) is 11.5 Å². The zero-order valence-electron chi connectivity index (χ0n) is 24.5. The summed E-state index contributed by atoms with van der Waals surface area (Å²) in [5.41, 5.74) is -1.41. The standard InChI is InChI=1S/C28H36Cl4N2O8/c1-27(2,3)41-25(37)15-9-7-11-33(15)17(35)13-39-23-21(31)19(29)20(30)22(32)24(23)40-14-18(36)34-12-8-10-16(34)26(38)42-28(4,5)6/h15-16H,7-14H2,1-6H3. The summed E-state index contributed by atoms with van der Waals surface area (Å²) in [6.07, 6.45) is 2.15. The van der Waals surface area contributed by atoms with Crippen LogP contribution >= 0.6 is 46.4 Å². The summed E-state index contributed by atoms with van der Waals surface area (Å²) in [5, 5.41) is -0.637. The van der Waals surface area contributed by atoms with Gasteiger partial charge in [0.25, 0.3) is 11.8 Å². The van der Waals surface area contributed by atoms with Crippen LogP contribution < -0.4 is 9.47 Å². The largest absolute Gasteiger partial charge is 0.478 e. The first kappa shape index (κ1) is 34.4. The molecule has 234 valence electrons. The van der Waals surface area contributed by atoms with Crippen LogP contribution in [-0.2, 0) is 28.7 Å². The number of halogens is 4. The first-order valence-electron chi connectivity index (χ1n) is 13.6. The van der Waals surface area contributed by atoms with Crippen LogP contribution in [-0.4, -0.2) is 83.1 Å². The molecule has 0 saturated carbocycles. The highest BCUT2D eigenvalue weighted by molar-refractivity contribution is 6.53. The molecule has 0 bridgehead atoms. The molecule has 0 aromatic heterocycles. The summed E-state index contributed by atoms with van der Waals surface area (Å²) in [7, 11) is 0. The molecule has 0 radical (unpaired) electrons. The first-order chi connectivity index (χ1) is 19.4. The molecule has 2 aliphatic rings. The third-order valence-electron chi connectivity index (χ3n) is 6.37. The highest BCUT2D eigenvalue weighted by atomic mass is 35.5. The smallest absolute Gasteiger partial charge is 0.329 e. The summed E-state index contributed by atoms with van der Waals surface area (Å²) in [5.74, 6) is -2.40. The van der Waals surface area contributed by atoms with Gasteiger partial charge in [0.15, 0.2) is 24.7 Å². The lowest BCUT2D eigenvalue weighted by atomic mass is 10.1. The summed E-state index contributed by atoms with van der Waals surface area (Å²) in [4.78, 5) is 54.3. The fraction of sp³-hybridized carbons (Fsp3) is 0.643. The topological polar surface area (TPSA) is 112 Å². The Bertz CT molecular complexity index is 1130. The Morgan fingerprint density at radius 3 is 1.29 bits per heavy atom. The lowest BCUT2D eigenvalue weighted by molar-refractivity contribution is -0.164. The predicted octanol–water partition coefficient (Wildman–Crippen LogP) is 5.72. The molecular weight excluding hydrogens is 634 g/mol. The molecule has 2 saturated heterocycles. The van der Waals surface area contributed by atoms with Crippen LogP contribution in [0.2, 0.25) is 20.1 Å². The predicted molar refractivity (Wildman–Crippen MR) is 159 cm³/mol. The van der Waals surface area contributed by atoms with Gasteiger partial charge in [-0.15, -0.1) is 0 Å². The number of esters is 2. The van der Waals surface area contributed by atoms with Crippen molar-refractivity contribution in [3.63, 3.8) is 0 Å². The fourth-order valence-corrected chi connectivity index (χ4v) is 5.57. The second-order valence-corrected chi connectivity index (χ2v) is 13.6. The van der Waals surface area contributed by atoms with Gasteiger partial charge in [0.05, 0.1) is 10.0 Å². The number of nitrogens with zero attached hydrogens (tertiary/aromatic N) is 2. The van der Waals surface area contributed by atoms with E-state index in [9.17, 15) is 19.2 Å². The number of amides is 2. The van der Waals surface area contributed by atoms with Crippen molar-refractivity contribution in [2.24, 2.45) is 0 Å². The highest BCUT2D eigenvalue weighted by Gasteiger charge is 2.39. The Morgan fingerprint density at radius 2 is 0.976 bits per heavy atom. The number of hydrogen-bond donors (Lipinski definition) is 0. The zero-order valence-corrected chi connectivity index (χ0v) is 27.5. The van der Waals surface area contributed by atoms with Gasteiger partial charge in [0, 0.05) is 13.1 Å². The third kappa shape index (κ3) is 8.49. The summed E-state index contributed by atoms with van der Waals surface area (Å²) in [6.45, 7) is 10.1. The van der Waals surface area contributed by atoms with Gasteiger partial charge >= 0.3 is 11.9 Å². The molecule has 14 heteroatoms. The molecule has 2 heterocycles. The number of rotatable bonds is 8. The van der Waals surface area contributed by atoms with Crippen molar-refractivity contribution in [2.75, 3.05) is 26.3 Å². The van der Waals surface area contributed by atoms with E-state index in [2.05, 4.69) is 0 Å². The van der Waals surface area contributed by atoms with Gasteiger partial charge in [-0.1, -0.05) is 46.4 Å². The van der Waals surface area contributed by atoms with Crippen LogP contribution in [0.3, 0.4) is 0 Å². The van der Waals surface area contributed by atoms with E-state index in [-0.39, 0.29) is 31.6 Å².